The molecule has 0 spiro atoms. The van der Waals surface area contributed by atoms with Crippen molar-refractivity contribution in [2.24, 2.45) is 0 Å². The number of esters is 1. The lowest BCUT2D eigenvalue weighted by atomic mass is 10.3. The molecule has 10 heavy (non-hydrogen) atoms. The molecule has 1 aliphatic heterocycles. The molecule has 1 heterocycles. The second kappa shape index (κ2) is 3.22. The quantitative estimate of drug-likeness (QED) is 0.470. The first-order valence-corrected chi connectivity index (χ1v) is 3.07. The van der Waals surface area contributed by atoms with E-state index < -0.39 is 0 Å². The summed E-state index contributed by atoms with van der Waals surface area (Å²) in [6.07, 6.45) is 1.76. The zero-order chi connectivity index (χ0) is 7.40. The van der Waals surface area contributed by atoms with Crippen LogP contribution >= 0.6 is 0 Å². The van der Waals surface area contributed by atoms with E-state index in [0.29, 0.717) is 12.4 Å². The number of hydrogen-bond acceptors (Lipinski definition) is 4. The molecule has 0 radical (unpaired) electrons. The van der Waals surface area contributed by atoms with Crippen LogP contribution in [0.1, 0.15) is 0 Å². The smallest absolute Gasteiger partial charge is 0.353 e. The molecule has 0 saturated carbocycles. The fourth-order valence-electron chi connectivity index (χ4n) is 0.742. The van der Waals surface area contributed by atoms with Gasteiger partial charge in [0.05, 0.1) is 13.8 Å². The molecule has 2 N–H and O–H groups in total. The molecule has 4 nitrogen and oxygen atoms in total. The molecule has 0 bridgehead atoms. The zero-order valence-corrected chi connectivity index (χ0v) is 5.81. The summed E-state index contributed by atoms with van der Waals surface area (Å²) in [7, 11) is 1.37. The molecule has 1 rings (SSSR count). The topological polar surface area (TPSA) is 50.4 Å². The van der Waals surface area contributed by atoms with Crippen molar-refractivity contribution in [2.45, 2.75) is 0 Å². The van der Waals surface area contributed by atoms with E-state index in [0.717, 1.165) is 6.54 Å². The number of carbonyl (C=O) groups is 1. The summed E-state index contributed by atoms with van der Waals surface area (Å²) < 4.78 is 4.49. The summed E-state index contributed by atoms with van der Waals surface area (Å²) in [5.74, 6) is -0.304. The average Bonchev–Trinajstić information content (AvgIpc) is 2.05. The monoisotopic (exact) mass is 142 g/mol. The van der Waals surface area contributed by atoms with Crippen LogP contribution in [0.4, 0.5) is 0 Å². The van der Waals surface area contributed by atoms with Gasteiger partial charge < -0.3 is 10.1 Å². The van der Waals surface area contributed by atoms with E-state index in [-0.39, 0.29) is 5.97 Å². The fraction of sp³-hybridized carbons (Fsp3) is 0.500. The van der Waals surface area contributed by atoms with Crippen LogP contribution < -0.4 is 10.6 Å². The predicted octanol–water partition coefficient (Wildman–Crippen LogP) is -0.806. The molecule has 0 saturated heterocycles. The van der Waals surface area contributed by atoms with Gasteiger partial charge in [0, 0.05) is 6.54 Å². The van der Waals surface area contributed by atoms with Crippen LogP contribution in [0.15, 0.2) is 11.8 Å². The fourth-order valence-corrected chi connectivity index (χ4v) is 0.742. The second-order valence-corrected chi connectivity index (χ2v) is 1.92. The molecule has 56 valence electrons. The van der Waals surface area contributed by atoms with Crippen molar-refractivity contribution < 1.29 is 9.53 Å². The standard InChI is InChI=1S/C6H10N2O2/c1-10-6(9)5-2-3-7-4-8-5/h2,7-8H,3-4H2,1H3. The molecule has 0 aromatic heterocycles. The molecular formula is C6H10N2O2. The Morgan fingerprint density at radius 1 is 1.80 bits per heavy atom. The highest BCUT2D eigenvalue weighted by Gasteiger charge is 2.09. The lowest BCUT2D eigenvalue weighted by Crippen LogP contribution is -2.36. The molecule has 0 unspecified atom stereocenters. The summed E-state index contributed by atoms with van der Waals surface area (Å²) in [4.78, 5) is 10.8. The van der Waals surface area contributed by atoms with Crippen LogP contribution in [-0.2, 0) is 9.53 Å². The van der Waals surface area contributed by atoms with Crippen molar-refractivity contribution in [3.63, 3.8) is 0 Å². The van der Waals surface area contributed by atoms with Gasteiger partial charge in [-0.15, -0.1) is 0 Å². The summed E-state index contributed by atoms with van der Waals surface area (Å²) in [6, 6.07) is 0. The lowest BCUT2D eigenvalue weighted by molar-refractivity contribution is -0.136. The van der Waals surface area contributed by atoms with Crippen LogP contribution in [0, 0.1) is 0 Å². The van der Waals surface area contributed by atoms with E-state index in [4.69, 9.17) is 0 Å². The number of methoxy groups -OCH3 is 1. The first kappa shape index (κ1) is 7.08. The Morgan fingerprint density at radius 2 is 2.60 bits per heavy atom. The van der Waals surface area contributed by atoms with E-state index in [2.05, 4.69) is 15.4 Å². The second-order valence-electron chi connectivity index (χ2n) is 1.92. The molecule has 0 aromatic carbocycles. The first-order valence-electron chi connectivity index (χ1n) is 3.07. The SMILES string of the molecule is COC(=O)C1=CCNCN1. The maximum atomic E-state index is 10.8. The molecule has 0 fully saturated rings. The van der Waals surface area contributed by atoms with Crippen LogP contribution in [-0.4, -0.2) is 26.3 Å². The summed E-state index contributed by atoms with van der Waals surface area (Å²) in [5.41, 5.74) is 0.543. The van der Waals surface area contributed by atoms with Gasteiger partial charge in [-0.05, 0) is 6.08 Å². The van der Waals surface area contributed by atoms with Crippen LogP contribution in [0.25, 0.3) is 0 Å². The van der Waals surface area contributed by atoms with E-state index in [1.165, 1.54) is 7.11 Å². The Labute approximate surface area is 59.2 Å². The van der Waals surface area contributed by atoms with Gasteiger partial charge in [-0.1, -0.05) is 0 Å². The Kier molecular flexibility index (Phi) is 2.28. The van der Waals surface area contributed by atoms with E-state index in [1.54, 1.807) is 6.08 Å². The molecule has 0 atom stereocenters. The van der Waals surface area contributed by atoms with Crippen LogP contribution in [0.3, 0.4) is 0 Å². The van der Waals surface area contributed by atoms with Crippen molar-refractivity contribution in [2.75, 3.05) is 20.3 Å². The lowest BCUT2D eigenvalue weighted by Gasteiger charge is -2.13. The van der Waals surface area contributed by atoms with Gasteiger partial charge in [0.1, 0.15) is 5.70 Å². The highest BCUT2D eigenvalue weighted by atomic mass is 16.5. The van der Waals surface area contributed by atoms with E-state index in [9.17, 15) is 4.79 Å². The van der Waals surface area contributed by atoms with Crippen molar-refractivity contribution in [1.82, 2.24) is 10.6 Å². The largest absolute Gasteiger partial charge is 0.464 e. The van der Waals surface area contributed by atoms with Crippen molar-refractivity contribution >= 4 is 5.97 Å². The average molecular weight is 142 g/mol. The van der Waals surface area contributed by atoms with Crippen LogP contribution in [0.2, 0.25) is 0 Å². The third-order valence-corrected chi connectivity index (χ3v) is 1.26. The third-order valence-electron chi connectivity index (χ3n) is 1.26. The maximum absolute atomic E-state index is 10.8. The minimum absolute atomic E-state index is 0.304. The molecule has 0 amide bonds. The van der Waals surface area contributed by atoms with Crippen molar-refractivity contribution in [3.05, 3.63) is 11.8 Å². The van der Waals surface area contributed by atoms with Gasteiger partial charge in [0.25, 0.3) is 0 Å². The van der Waals surface area contributed by atoms with E-state index in [1.807, 2.05) is 0 Å². The number of hydrogen-bond donors (Lipinski definition) is 2. The van der Waals surface area contributed by atoms with Gasteiger partial charge in [0.2, 0.25) is 0 Å². The molecule has 0 aliphatic carbocycles. The van der Waals surface area contributed by atoms with Gasteiger partial charge >= 0.3 is 5.97 Å². The predicted molar refractivity (Wildman–Crippen MR) is 36.1 cm³/mol. The Hall–Kier alpha value is -1.03. The summed E-state index contributed by atoms with van der Waals surface area (Å²) >= 11 is 0. The minimum Gasteiger partial charge on any atom is -0.464 e. The van der Waals surface area contributed by atoms with Gasteiger partial charge in [-0.25, -0.2) is 4.79 Å². The minimum atomic E-state index is -0.304. The number of nitrogens with one attached hydrogen (secondary N) is 2. The van der Waals surface area contributed by atoms with Gasteiger partial charge in [0.15, 0.2) is 0 Å². The number of rotatable bonds is 1. The Bertz CT molecular complexity index is 165. The zero-order valence-electron chi connectivity index (χ0n) is 5.81. The van der Waals surface area contributed by atoms with Gasteiger partial charge in [-0.3, -0.25) is 5.32 Å². The summed E-state index contributed by atoms with van der Waals surface area (Å²) in [5, 5.41) is 5.84. The van der Waals surface area contributed by atoms with Crippen molar-refractivity contribution in [1.29, 1.82) is 0 Å². The van der Waals surface area contributed by atoms with Crippen LogP contribution in [0.5, 0.6) is 0 Å². The molecule has 0 aromatic rings. The van der Waals surface area contributed by atoms with E-state index >= 15 is 0 Å². The normalized spacial score (nSPS) is 17.1. The highest BCUT2D eigenvalue weighted by molar-refractivity contribution is 5.87. The highest BCUT2D eigenvalue weighted by Crippen LogP contribution is 1.93. The van der Waals surface area contributed by atoms with Crippen molar-refractivity contribution in [3.8, 4) is 0 Å². The third kappa shape index (κ3) is 1.48. The number of ether oxygens (including phenoxy) is 1. The summed E-state index contributed by atoms with van der Waals surface area (Å²) in [6.45, 7) is 1.35. The Morgan fingerprint density at radius 3 is 3.10 bits per heavy atom. The first-order chi connectivity index (χ1) is 4.84. The molecule has 4 heteroatoms. The number of carbonyl (C=O) groups excluding carboxylic acids is 1. The maximum Gasteiger partial charge on any atom is 0.353 e. The molecular weight excluding hydrogens is 132 g/mol. The Balaban J connectivity index is 2.53. The molecule has 1 aliphatic rings. The van der Waals surface area contributed by atoms with Gasteiger partial charge in [-0.2, -0.15) is 0 Å².